The van der Waals surface area contributed by atoms with Crippen molar-refractivity contribution in [2.75, 3.05) is 11.9 Å². The van der Waals surface area contributed by atoms with Gasteiger partial charge in [0.2, 0.25) is 0 Å². The lowest BCUT2D eigenvalue weighted by Crippen LogP contribution is -2.35. The van der Waals surface area contributed by atoms with Crippen molar-refractivity contribution in [3.8, 4) is 0 Å². The van der Waals surface area contributed by atoms with Gasteiger partial charge in [-0.25, -0.2) is 13.2 Å². The molecule has 17 heavy (non-hydrogen) atoms. The highest BCUT2D eigenvalue weighted by molar-refractivity contribution is 5.45. The summed E-state index contributed by atoms with van der Waals surface area (Å²) in [5.74, 6) is -4.11. The Balaban J connectivity index is 2.73. The third-order valence-electron chi connectivity index (χ3n) is 1.87. The molecule has 1 atom stereocenters. The number of aliphatic hydroxyl groups excluding tert-OH is 1. The standard InChI is InChI=1S/C9H7F6NO/c10-4-1-6(12)7(2-5(4)11)16-3-8(17)9(13,14)15/h1-2,8,16-17H,3H2. The normalized spacial score (nSPS) is 13.6. The average molecular weight is 259 g/mol. The van der Waals surface area contributed by atoms with Crippen LogP contribution in [0.2, 0.25) is 0 Å². The van der Waals surface area contributed by atoms with Crippen LogP contribution >= 0.6 is 0 Å². The van der Waals surface area contributed by atoms with Gasteiger partial charge in [-0.3, -0.25) is 0 Å². The Morgan fingerprint density at radius 3 is 2.12 bits per heavy atom. The average Bonchev–Trinajstić information content (AvgIpc) is 2.19. The summed E-state index contributed by atoms with van der Waals surface area (Å²) >= 11 is 0. The highest BCUT2D eigenvalue weighted by Crippen LogP contribution is 2.22. The summed E-state index contributed by atoms with van der Waals surface area (Å²) in [5, 5.41) is 10.4. The molecule has 1 unspecified atom stereocenters. The minimum absolute atomic E-state index is 0.192. The van der Waals surface area contributed by atoms with Gasteiger partial charge in [-0.05, 0) is 0 Å². The number of hydrogen-bond donors (Lipinski definition) is 2. The molecule has 1 aromatic carbocycles. The number of rotatable bonds is 3. The van der Waals surface area contributed by atoms with Gasteiger partial charge in [0.05, 0.1) is 5.69 Å². The van der Waals surface area contributed by atoms with Crippen LogP contribution in [0.3, 0.4) is 0 Å². The van der Waals surface area contributed by atoms with Crippen LogP contribution in [0, 0.1) is 17.5 Å². The maximum atomic E-state index is 12.9. The molecular weight excluding hydrogens is 252 g/mol. The van der Waals surface area contributed by atoms with Crippen LogP contribution in [0.4, 0.5) is 32.0 Å². The fourth-order valence-corrected chi connectivity index (χ4v) is 0.980. The summed E-state index contributed by atoms with van der Waals surface area (Å²) in [6.45, 7) is -1.06. The van der Waals surface area contributed by atoms with Crippen LogP contribution in [0.25, 0.3) is 0 Å². The maximum Gasteiger partial charge on any atom is 0.416 e. The van der Waals surface area contributed by atoms with Crippen molar-refractivity contribution in [2.24, 2.45) is 0 Å². The number of hydrogen-bond acceptors (Lipinski definition) is 2. The van der Waals surface area contributed by atoms with E-state index < -0.39 is 42.0 Å². The SMILES string of the molecule is OC(CNc1cc(F)c(F)cc1F)C(F)(F)F. The molecule has 0 aliphatic rings. The second-order valence-electron chi connectivity index (χ2n) is 3.18. The Hall–Kier alpha value is -1.44. The van der Waals surface area contributed by atoms with Gasteiger partial charge < -0.3 is 10.4 Å². The van der Waals surface area contributed by atoms with Gasteiger partial charge in [0, 0.05) is 18.7 Å². The largest absolute Gasteiger partial charge is 0.416 e. The van der Waals surface area contributed by atoms with Gasteiger partial charge in [0.1, 0.15) is 5.82 Å². The first-order valence-corrected chi connectivity index (χ1v) is 4.35. The van der Waals surface area contributed by atoms with E-state index in [1.54, 1.807) is 0 Å². The maximum absolute atomic E-state index is 12.9. The monoisotopic (exact) mass is 259 g/mol. The fraction of sp³-hybridized carbons (Fsp3) is 0.333. The topological polar surface area (TPSA) is 32.3 Å². The van der Waals surface area contributed by atoms with E-state index >= 15 is 0 Å². The molecule has 0 aliphatic heterocycles. The zero-order valence-electron chi connectivity index (χ0n) is 8.15. The van der Waals surface area contributed by atoms with Gasteiger partial charge in [-0.15, -0.1) is 0 Å². The quantitative estimate of drug-likeness (QED) is 0.645. The molecule has 0 fully saturated rings. The summed E-state index contributed by atoms with van der Waals surface area (Å²) in [5.41, 5.74) is -0.660. The molecule has 0 amide bonds. The zero-order chi connectivity index (χ0) is 13.2. The molecule has 2 N–H and O–H groups in total. The molecule has 0 aromatic heterocycles. The molecule has 0 bridgehead atoms. The van der Waals surface area contributed by atoms with E-state index in [0.717, 1.165) is 0 Å². The second-order valence-corrected chi connectivity index (χ2v) is 3.18. The van der Waals surface area contributed by atoms with Crippen LogP contribution in [0.15, 0.2) is 12.1 Å². The summed E-state index contributed by atoms with van der Waals surface area (Å²) in [4.78, 5) is 0. The summed E-state index contributed by atoms with van der Waals surface area (Å²) < 4.78 is 73.7. The summed E-state index contributed by atoms with van der Waals surface area (Å²) in [7, 11) is 0. The van der Waals surface area contributed by atoms with Crippen molar-refractivity contribution in [1.82, 2.24) is 0 Å². The molecule has 1 aromatic rings. The zero-order valence-corrected chi connectivity index (χ0v) is 8.15. The van der Waals surface area contributed by atoms with E-state index in [1.807, 2.05) is 5.32 Å². The van der Waals surface area contributed by atoms with Crippen LogP contribution in [-0.2, 0) is 0 Å². The Kier molecular flexibility index (Phi) is 3.87. The van der Waals surface area contributed by atoms with Crippen molar-refractivity contribution < 1.29 is 31.4 Å². The molecule has 0 radical (unpaired) electrons. The molecule has 0 heterocycles. The van der Waals surface area contributed by atoms with Gasteiger partial charge in [0.15, 0.2) is 17.7 Å². The molecule has 0 saturated heterocycles. The van der Waals surface area contributed by atoms with Crippen molar-refractivity contribution >= 4 is 5.69 Å². The van der Waals surface area contributed by atoms with E-state index in [-0.39, 0.29) is 6.07 Å². The van der Waals surface area contributed by atoms with E-state index in [1.165, 1.54) is 0 Å². The molecule has 0 saturated carbocycles. The third kappa shape index (κ3) is 3.52. The number of aliphatic hydroxyl groups is 1. The van der Waals surface area contributed by atoms with Crippen molar-refractivity contribution in [2.45, 2.75) is 12.3 Å². The summed E-state index contributed by atoms with van der Waals surface area (Å²) in [6.07, 6.45) is -7.60. The first kappa shape index (κ1) is 13.6. The number of benzene rings is 1. The van der Waals surface area contributed by atoms with E-state index in [9.17, 15) is 26.3 Å². The third-order valence-corrected chi connectivity index (χ3v) is 1.87. The predicted molar refractivity (Wildman–Crippen MR) is 46.9 cm³/mol. The summed E-state index contributed by atoms with van der Waals surface area (Å²) in [6, 6.07) is 0.561. The van der Waals surface area contributed by atoms with Gasteiger partial charge >= 0.3 is 6.18 Å². The van der Waals surface area contributed by atoms with E-state index in [2.05, 4.69) is 0 Å². The number of alkyl halides is 3. The first-order chi connectivity index (χ1) is 7.71. The Morgan fingerprint density at radius 1 is 1.06 bits per heavy atom. The minimum atomic E-state index is -4.87. The van der Waals surface area contributed by atoms with Crippen molar-refractivity contribution in [3.63, 3.8) is 0 Å². The lowest BCUT2D eigenvalue weighted by atomic mass is 10.2. The lowest BCUT2D eigenvalue weighted by Gasteiger charge is -2.16. The van der Waals surface area contributed by atoms with E-state index in [4.69, 9.17) is 5.11 Å². The van der Waals surface area contributed by atoms with Crippen LogP contribution in [0.5, 0.6) is 0 Å². The predicted octanol–water partition coefficient (Wildman–Crippen LogP) is 2.44. The highest BCUT2D eigenvalue weighted by atomic mass is 19.4. The molecular formula is C9H7F6NO. The lowest BCUT2D eigenvalue weighted by molar-refractivity contribution is -0.198. The van der Waals surface area contributed by atoms with Gasteiger partial charge in [-0.2, -0.15) is 13.2 Å². The minimum Gasteiger partial charge on any atom is -0.382 e. The second kappa shape index (κ2) is 4.82. The van der Waals surface area contributed by atoms with Crippen LogP contribution < -0.4 is 5.32 Å². The number of halogens is 6. The Bertz CT molecular complexity index is 405. The number of nitrogens with one attached hydrogen (secondary N) is 1. The molecule has 0 spiro atoms. The van der Waals surface area contributed by atoms with E-state index in [0.29, 0.717) is 6.07 Å². The van der Waals surface area contributed by atoms with Crippen molar-refractivity contribution in [3.05, 3.63) is 29.6 Å². The highest BCUT2D eigenvalue weighted by Gasteiger charge is 2.37. The molecule has 2 nitrogen and oxygen atoms in total. The van der Waals surface area contributed by atoms with Gasteiger partial charge in [0.25, 0.3) is 0 Å². The molecule has 1 rings (SSSR count). The molecule has 0 aliphatic carbocycles. The molecule has 96 valence electrons. The number of anilines is 1. The fourth-order valence-electron chi connectivity index (χ4n) is 0.980. The van der Waals surface area contributed by atoms with Gasteiger partial charge in [-0.1, -0.05) is 0 Å². The van der Waals surface area contributed by atoms with Crippen molar-refractivity contribution in [1.29, 1.82) is 0 Å². The first-order valence-electron chi connectivity index (χ1n) is 4.35. The Labute approximate surface area is 91.9 Å². The van der Waals surface area contributed by atoms with Crippen LogP contribution in [-0.4, -0.2) is 23.9 Å². The van der Waals surface area contributed by atoms with Crippen LogP contribution in [0.1, 0.15) is 0 Å². The Morgan fingerprint density at radius 2 is 1.59 bits per heavy atom. The molecule has 8 heteroatoms. The smallest absolute Gasteiger partial charge is 0.382 e.